The first kappa shape index (κ1) is 14.2. The highest BCUT2D eigenvalue weighted by atomic mass is 32.1. The van der Waals surface area contributed by atoms with Crippen molar-refractivity contribution in [3.63, 3.8) is 0 Å². The van der Waals surface area contributed by atoms with Gasteiger partial charge in [0.25, 0.3) is 5.69 Å². The molecule has 0 aliphatic carbocycles. The number of hydrogen-bond acceptors (Lipinski definition) is 5. The summed E-state index contributed by atoms with van der Waals surface area (Å²) < 4.78 is 5.32. The fraction of sp³-hybridized carbons (Fsp3) is 0.214. The fourth-order valence-corrected chi connectivity index (χ4v) is 2.47. The van der Waals surface area contributed by atoms with Crippen LogP contribution in [0, 0.1) is 17.0 Å². The van der Waals surface area contributed by atoms with E-state index in [0.717, 1.165) is 4.88 Å². The van der Waals surface area contributed by atoms with Crippen LogP contribution >= 0.6 is 11.3 Å². The summed E-state index contributed by atoms with van der Waals surface area (Å²) >= 11 is 1.36. The van der Waals surface area contributed by atoms with Crippen molar-refractivity contribution in [2.45, 2.75) is 20.0 Å². The van der Waals surface area contributed by atoms with E-state index in [4.69, 9.17) is 4.74 Å². The number of ether oxygens (including phenoxy) is 1. The van der Waals surface area contributed by atoms with Crippen molar-refractivity contribution in [1.82, 2.24) is 0 Å². The Hall–Kier alpha value is -2.21. The maximum absolute atomic E-state index is 11.9. The molecule has 0 amide bonds. The molecule has 1 unspecified atom stereocenters. The molecule has 1 heterocycles. The molecule has 20 heavy (non-hydrogen) atoms. The van der Waals surface area contributed by atoms with E-state index < -0.39 is 17.0 Å². The maximum Gasteiger partial charge on any atom is 0.348 e. The van der Waals surface area contributed by atoms with Crippen LogP contribution < -0.4 is 0 Å². The van der Waals surface area contributed by atoms with Gasteiger partial charge in [-0.3, -0.25) is 10.1 Å². The van der Waals surface area contributed by atoms with Crippen molar-refractivity contribution in [2.75, 3.05) is 0 Å². The first-order valence-electron chi connectivity index (χ1n) is 5.99. The molecule has 0 fully saturated rings. The average Bonchev–Trinajstić information content (AvgIpc) is 2.85. The molecule has 0 aliphatic heterocycles. The molecule has 0 bridgehead atoms. The van der Waals surface area contributed by atoms with E-state index in [0.29, 0.717) is 10.4 Å². The number of non-ortho nitro benzene ring substituents is 1. The summed E-state index contributed by atoms with van der Waals surface area (Å²) in [5.41, 5.74) is 0.582. The van der Waals surface area contributed by atoms with Gasteiger partial charge in [-0.25, -0.2) is 4.79 Å². The van der Waals surface area contributed by atoms with Crippen molar-refractivity contribution < 1.29 is 14.5 Å². The molecule has 0 saturated carbocycles. The molecule has 2 aromatic rings. The smallest absolute Gasteiger partial charge is 0.348 e. The summed E-state index contributed by atoms with van der Waals surface area (Å²) in [5, 5.41) is 10.7. The Kier molecular flexibility index (Phi) is 4.14. The number of hydrogen-bond donors (Lipinski definition) is 0. The molecule has 5 nitrogen and oxygen atoms in total. The lowest BCUT2D eigenvalue weighted by Gasteiger charge is -2.12. The lowest BCUT2D eigenvalue weighted by atomic mass is 10.1. The van der Waals surface area contributed by atoms with Crippen molar-refractivity contribution in [3.05, 3.63) is 61.8 Å². The highest BCUT2D eigenvalue weighted by Gasteiger charge is 2.17. The first-order valence-corrected chi connectivity index (χ1v) is 6.81. The monoisotopic (exact) mass is 291 g/mol. The molecule has 1 aromatic carbocycles. The third kappa shape index (κ3) is 3.21. The van der Waals surface area contributed by atoms with E-state index in [-0.39, 0.29) is 5.69 Å². The summed E-state index contributed by atoms with van der Waals surface area (Å²) in [5.74, 6) is -0.415. The second-order valence-electron chi connectivity index (χ2n) is 4.31. The van der Waals surface area contributed by atoms with Crippen LogP contribution in [0.3, 0.4) is 0 Å². The third-order valence-corrected chi connectivity index (χ3v) is 3.76. The number of rotatable bonds is 4. The minimum Gasteiger partial charge on any atom is -0.454 e. The molecule has 0 saturated heterocycles. The molecule has 6 heteroatoms. The van der Waals surface area contributed by atoms with Gasteiger partial charge in [-0.05, 0) is 31.5 Å². The molecule has 104 valence electrons. The number of carbonyl (C=O) groups is 1. The zero-order valence-corrected chi connectivity index (χ0v) is 11.8. The predicted molar refractivity (Wildman–Crippen MR) is 76.0 cm³/mol. The van der Waals surface area contributed by atoms with Crippen molar-refractivity contribution in [1.29, 1.82) is 0 Å². The number of esters is 1. The number of nitro benzene ring substituents is 1. The number of carbonyl (C=O) groups excluding carboxylic acids is 1. The van der Waals surface area contributed by atoms with Crippen LogP contribution in [-0.4, -0.2) is 10.9 Å². The highest BCUT2D eigenvalue weighted by molar-refractivity contribution is 7.13. The van der Waals surface area contributed by atoms with Crippen LogP contribution in [-0.2, 0) is 4.74 Å². The lowest BCUT2D eigenvalue weighted by Crippen LogP contribution is -2.08. The van der Waals surface area contributed by atoms with Gasteiger partial charge in [0.15, 0.2) is 0 Å². The molecular formula is C14H13NO4S. The van der Waals surface area contributed by atoms with Gasteiger partial charge >= 0.3 is 5.97 Å². The standard InChI is InChI=1S/C14H13NO4S/c1-9-6-7-13(20-9)14(16)19-10(2)11-4-3-5-12(8-11)15(17)18/h3-8,10H,1-2H3. The Morgan fingerprint density at radius 1 is 1.35 bits per heavy atom. The zero-order chi connectivity index (χ0) is 14.7. The van der Waals surface area contributed by atoms with Crippen LogP contribution in [0.25, 0.3) is 0 Å². The van der Waals surface area contributed by atoms with Gasteiger partial charge in [0.05, 0.1) is 4.92 Å². The van der Waals surface area contributed by atoms with Gasteiger partial charge in [0, 0.05) is 17.0 Å². The van der Waals surface area contributed by atoms with Gasteiger partial charge in [0.1, 0.15) is 11.0 Å². The van der Waals surface area contributed by atoms with Gasteiger partial charge in [-0.2, -0.15) is 0 Å². The minimum atomic E-state index is -0.537. The summed E-state index contributed by atoms with van der Waals surface area (Å²) in [7, 11) is 0. The quantitative estimate of drug-likeness (QED) is 0.487. The Morgan fingerprint density at radius 2 is 2.10 bits per heavy atom. The summed E-state index contributed by atoms with van der Waals surface area (Å²) in [4.78, 5) is 23.7. The second-order valence-corrected chi connectivity index (χ2v) is 5.60. The van der Waals surface area contributed by atoms with Crippen molar-refractivity contribution in [3.8, 4) is 0 Å². The van der Waals surface area contributed by atoms with Crippen molar-refractivity contribution >= 4 is 23.0 Å². The second kappa shape index (κ2) is 5.83. The minimum absolute atomic E-state index is 0.0163. The molecule has 0 aliphatic rings. The number of benzene rings is 1. The topological polar surface area (TPSA) is 69.4 Å². The lowest BCUT2D eigenvalue weighted by molar-refractivity contribution is -0.385. The third-order valence-electron chi connectivity index (χ3n) is 2.78. The normalized spacial score (nSPS) is 11.9. The van der Waals surface area contributed by atoms with Crippen LogP contribution in [0.15, 0.2) is 36.4 Å². The largest absolute Gasteiger partial charge is 0.454 e. The van der Waals surface area contributed by atoms with Crippen molar-refractivity contribution in [2.24, 2.45) is 0 Å². The van der Waals surface area contributed by atoms with Gasteiger partial charge in [-0.15, -0.1) is 11.3 Å². The summed E-state index contributed by atoms with van der Waals surface area (Å²) in [6, 6.07) is 9.65. The predicted octanol–water partition coefficient (Wildman–Crippen LogP) is 3.88. The SMILES string of the molecule is Cc1ccc(C(=O)OC(C)c2cccc([N+](=O)[O-])c2)s1. The molecule has 0 N–H and O–H groups in total. The Labute approximate surface area is 120 Å². The highest BCUT2D eigenvalue weighted by Crippen LogP contribution is 2.24. The fourth-order valence-electron chi connectivity index (χ4n) is 1.72. The molecular weight excluding hydrogens is 278 g/mol. The van der Waals surface area contributed by atoms with Gasteiger partial charge < -0.3 is 4.74 Å². The van der Waals surface area contributed by atoms with Crippen LogP contribution in [0.2, 0.25) is 0 Å². The van der Waals surface area contributed by atoms with E-state index >= 15 is 0 Å². The molecule has 1 aromatic heterocycles. The zero-order valence-electron chi connectivity index (χ0n) is 11.0. The maximum atomic E-state index is 11.9. The van der Waals surface area contributed by atoms with Gasteiger partial charge in [0.2, 0.25) is 0 Å². The molecule has 0 spiro atoms. The number of nitro groups is 1. The molecule has 1 atom stereocenters. The Morgan fingerprint density at radius 3 is 2.70 bits per heavy atom. The number of thiophene rings is 1. The first-order chi connectivity index (χ1) is 9.47. The van der Waals surface area contributed by atoms with E-state index in [1.165, 1.54) is 23.5 Å². The van der Waals surface area contributed by atoms with Crippen LogP contribution in [0.4, 0.5) is 5.69 Å². The average molecular weight is 291 g/mol. The van der Waals surface area contributed by atoms with Crippen LogP contribution in [0.5, 0.6) is 0 Å². The Balaban J connectivity index is 2.12. The molecule has 0 radical (unpaired) electrons. The summed E-state index contributed by atoms with van der Waals surface area (Å²) in [6.07, 6.45) is -0.537. The van der Waals surface area contributed by atoms with Gasteiger partial charge in [-0.1, -0.05) is 12.1 Å². The van der Waals surface area contributed by atoms with E-state index in [2.05, 4.69) is 0 Å². The van der Waals surface area contributed by atoms with E-state index in [1.54, 1.807) is 25.1 Å². The van der Waals surface area contributed by atoms with Crippen LogP contribution in [0.1, 0.15) is 33.1 Å². The Bertz CT molecular complexity index is 650. The van der Waals surface area contributed by atoms with E-state index in [1.807, 2.05) is 13.0 Å². The number of aryl methyl sites for hydroxylation is 1. The number of nitrogens with zero attached hydrogens (tertiary/aromatic N) is 1. The molecule has 2 rings (SSSR count). The van der Waals surface area contributed by atoms with E-state index in [9.17, 15) is 14.9 Å². The summed E-state index contributed by atoms with van der Waals surface area (Å²) in [6.45, 7) is 3.60.